The normalized spacial score (nSPS) is 21.3. The molecule has 0 amide bonds. The summed E-state index contributed by atoms with van der Waals surface area (Å²) in [5, 5.41) is 8.77. The third-order valence-corrected chi connectivity index (χ3v) is 5.59. The van der Waals surface area contributed by atoms with Gasteiger partial charge in [0, 0.05) is 19.2 Å². The Balaban J connectivity index is 2.38. The highest BCUT2D eigenvalue weighted by atomic mass is 79.9. The van der Waals surface area contributed by atoms with E-state index in [2.05, 4.69) is 15.9 Å². The van der Waals surface area contributed by atoms with Crippen molar-refractivity contribution in [1.82, 2.24) is 4.31 Å². The fourth-order valence-corrected chi connectivity index (χ4v) is 4.36. The zero-order valence-electron chi connectivity index (χ0n) is 9.59. The highest BCUT2D eigenvalue weighted by molar-refractivity contribution is 9.10. The van der Waals surface area contributed by atoms with Gasteiger partial charge in [-0.2, -0.15) is 4.31 Å². The molecular formula is C10H12BrNO5S. The smallest absolute Gasteiger partial charge is 0.371 e. The van der Waals surface area contributed by atoms with Gasteiger partial charge < -0.3 is 9.52 Å². The maximum Gasteiger partial charge on any atom is 0.371 e. The largest absolute Gasteiger partial charge is 0.475 e. The molecule has 1 aromatic heterocycles. The van der Waals surface area contributed by atoms with Crippen molar-refractivity contribution in [3.05, 3.63) is 16.5 Å². The van der Waals surface area contributed by atoms with Crippen molar-refractivity contribution in [2.75, 3.05) is 13.1 Å². The van der Waals surface area contributed by atoms with E-state index >= 15 is 0 Å². The second-order valence-electron chi connectivity index (χ2n) is 4.31. The van der Waals surface area contributed by atoms with Gasteiger partial charge in [-0.25, -0.2) is 13.2 Å². The molecule has 1 aliphatic rings. The van der Waals surface area contributed by atoms with Crippen molar-refractivity contribution in [2.24, 2.45) is 5.92 Å². The number of furan rings is 1. The molecule has 1 atom stereocenters. The van der Waals surface area contributed by atoms with Crippen LogP contribution in [-0.4, -0.2) is 36.9 Å². The van der Waals surface area contributed by atoms with Crippen LogP contribution in [0.5, 0.6) is 0 Å². The van der Waals surface area contributed by atoms with Crippen molar-refractivity contribution >= 4 is 31.9 Å². The van der Waals surface area contributed by atoms with Crippen LogP contribution in [0.25, 0.3) is 0 Å². The molecule has 1 unspecified atom stereocenters. The van der Waals surface area contributed by atoms with Gasteiger partial charge in [0.25, 0.3) is 0 Å². The lowest BCUT2D eigenvalue weighted by molar-refractivity contribution is 0.0661. The molecule has 2 heterocycles. The first-order valence-corrected chi connectivity index (χ1v) is 7.58. The SMILES string of the molecule is CC1CCN(S(=O)(=O)c2cc(C(=O)O)oc2Br)C1. The Morgan fingerprint density at radius 1 is 1.61 bits per heavy atom. The molecular weight excluding hydrogens is 326 g/mol. The Labute approximate surface area is 113 Å². The number of hydrogen-bond acceptors (Lipinski definition) is 4. The summed E-state index contributed by atoms with van der Waals surface area (Å²) in [5.74, 6) is -1.39. The van der Waals surface area contributed by atoms with Gasteiger partial charge >= 0.3 is 5.97 Å². The molecule has 2 rings (SSSR count). The monoisotopic (exact) mass is 337 g/mol. The summed E-state index contributed by atoms with van der Waals surface area (Å²) >= 11 is 2.95. The number of nitrogens with zero attached hydrogens (tertiary/aromatic N) is 1. The van der Waals surface area contributed by atoms with E-state index in [1.165, 1.54) is 4.31 Å². The number of halogens is 1. The first kappa shape index (κ1) is 13.6. The van der Waals surface area contributed by atoms with Crippen molar-refractivity contribution < 1.29 is 22.7 Å². The van der Waals surface area contributed by atoms with E-state index in [4.69, 9.17) is 9.52 Å². The van der Waals surface area contributed by atoms with Crippen molar-refractivity contribution in [3.63, 3.8) is 0 Å². The maximum atomic E-state index is 12.3. The molecule has 100 valence electrons. The second kappa shape index (κ2) is 4.67. The highest BCUT2D eigenvalue weighted by Crippen LogP contribution is 2.31. The minimum absolute atomic E-state index is 0.0700. The number of carbonyl (C=O) groups is 1. The zero-order chi connectivity index (χ0) is 13.5. The minimum atomic E-state index is -3.69. The summed E-state index contributed by atoms with van der Waals surface area (Å²) in [4.78, 5) is 10.6. The second-order valence-corrected chi connectivity index (χ2v) is 6.94. The Morgan fingerprint density at radius 3 is 2.72 bits per heavy atom. The lowest BCUT2D eigenvalue weighted by Gasteiger charge is -2.14. The van der Waals surface area contributed by atoms with Crippen LogP contribution in [0.4, 0.5) is 0 Å². The predicted molar refractivity (Wildman–Crippen MR) is 65.9 cm³/mol. The fourth-order valence-electron chi connectivity index (χ4n) is 1.89. The van der Waals surface area contributed by atoms with Crippen molar-refractivity contribution in [1.29, 1.82) is 0 Å². The number of aromatic carboxylic acids is 1. The molecule has 0 saturated carbocycles. The van der Waals surface area contributed by atoms with E-state index in [0.717, 1.165) is 12.5 Å². The van der Waals surface area contributed by atoms with E-state index in [1.807, 2.05) is 6.92 Å². The molecule has 1 N–H and O–H groups in total. The van der Waals surface area contributed by atoms with E-state index in [-0.39, 0.29) is 9.56 Å². The van der Waals surface area contributed by atoms with Crippen molar-refractivity contribution in [3.8, 4) is 0 Å². The van der Waals surface area contributed by atoms with Gasteiger partial charge in [0.1, 0.15) is 4.90 Å². The quantitative estimate of drug-likeness (QED) is 0.907. The molecule has 0 radical (unpaired) electrons. The van der Waals surface area contributed by atoms with Crippen LogP contribution in [0, 0.1) is 5.92 Å². The summed E-state index contributed by atoms with van der Waals surface area (Å²) in [7, 11) is -3.69. The topological polar surface area (TPSA) is 87.8 Å². The molecule has 0 aliphatic carbocycles. The number of carboxylic acid groups (broad SMARTS) is 1. The standard InChI is InChI=1S/C10H12BrNO5S/c1-6-2-3-12(5-6)18(15,16)8-4-7(10(13)14)17-9(8)11/h4,6H,2-3,5H2,1H3,(H,13,14). The van der Waals surface area contributed by atoms with Crippen LogP contribution in [-0.2, 0) is 10.0 Å². The third kappa shape index (κ3) is 2.32. The van der Waals surface area contributed by atoms with Crippen LogP contribution in [0.3, 0.4) is 0 Å². The number of hydrogen-bond donors (Lipinski definition) is 1. The van der Waals surface area contributed by atoms with E-state index in [9.17, 15) is 13.2 Å². The highest BCUT2D eigenvalue weighted by Gasteiger charge is 2.34. The Morgan fingerprint density at radius 2 is 2.28 bits per heavy atom. The van der Waals surface area contributed by atoms with Gasteiger partial charge in [-0.05, 0) is 28.3 Å². The molecule has 1 aliphatic heterocycles. The maximum absolute atomic E-state index is 12.3. The molecule has 1 aromatic rings. The molecule has 1 fully saturated rings. The van der Waals surface area contributed by atoms with Gasteiger partial charge in [0.2, 0.25) is 15.8 Å². The lowest BCUT2D eigenvalue weighted by Crippen LogP contribution is -2.28. The van der Waals surface area contributed by atoms with Crippen molar-refractivity contribution in [2.45, 2.75) is 18.2 Å². The average Bonchev–Trinajstić information content (AvgIpc) is 2.85. The molecule has 0 spiro atoms. The third-order valence-electron chi connectivity index (χ3n) is 2.87. The van der Waals surface area contributed by atoms with Gasteiger partial charge in [-0.15, -0.1) is 0 Å². The fraction of sp³-hybridized carbons (Fsp3) is 0.500. The summed E-state index contributed by atoms with van der Waals surface area (Å²) in [6, 6.07) is 1.03. The summed E-state index contributed by atoms with van der Waals surface area (Å²) in [5.41, 5.74) is 0. The molecule has 1 saturated heterocycles. The summed E-state index contributed by atoms with van der Waals surface area (Å²) in [6.07, 6.45) is 0.806. The molecule has 6 nitrogen and oxygen atoms in total. The predicted octanol–water partition coefficient (Wildman–Crippen LogP) is 1.77. The number of carboxylic acids is 1. The zero-order valence-corrected chi connectivity index (χ0v) is 12.0. The molecule has 18 heavy (non-hydrogen) atoms. The average molecular weight is 338 g/mol. The Hall–Kier alpha value is -0.860. The van der Waals surface area contributed by atoms with Gasteiger partial charge in [-0.3, -0.25) is 0 Å². The van der Waals surface area contributed by atoms with Crippen LogP contribution < -0.4 is 0 Å². The first-order valence-electron chi connectivity index (χ1n) is 5.35. The summed E-state index contributed by atoms with van der Waals surface area (Å²) in [6.45, 7) is 2.87. The van der Waals surface area contributed by atoms with Crippen LogP contribution in [0.2, 0.25) is 0 Å². The van der Waals surface area contributed by atoms with Crippen LogP contribution in [0.15, 0.2) is 20.0 Å². The minimum Gasteiger partial charge on any atom is -0.475 e. The van der Waals surface area contributed by atoms with Gasteiger partial charge in [0.05, 0.1) is 0 Å². The number of rotatable bonds is 3. The summed E-state index contributed by atoms with van der Waals surface area (Å²) < 4.78 is 30.7. The van der Waals surface area contributed by atoms with E-state index in [0.29, 0.717) is 19.0 Å². The first-order chi connectivity index (χ1) is 8.32. The van der Waals surface area contributed by atoms with Gasteiger partial charge in [-0.1, -0.05) is 6.92 Å². The van der Waals surface area contributed by atoms with Gasteiger partial charge in [0.15, 0.2) is 4.67 Å². The van der Waals surface area contributed by atoms with E-state index < -0.39 is 21.8 Å². The van der Waals surface area contributed by atoms with Crippen LogP contribution in [0.1, 0.15) is 23.9 Å². The molecule has 0 aromatic carbocycles. The molecule has 8 heteroatoms. The van der Waals surface area contributed by atoms with E-state index in [1.54, 1.807) is 0 Å². The molecule has 0 bridgehead atoms. The Kier molecular flexibility index (Phi) is 3.52. The lowest BCUT2D eigenvalue weighted by atomic mass is 10.2. The number of sulfonamides is 1. The Bertz CT molecular complexity index is 579. The van der Waals surface area contributed by atoms with Crippen LogP contribution >= 0.6 is 15.9 Å².